The maximum atomic E-state index is 13.6. The Labute approximate surface area is 198 Å². The van der Waals surface area contributed by atoms with Crippen LogP contribution in [0.2, 0.25) is 10.0 Å². The van der Waals surface area contributed by atoms with Crippen molar-refractivity contribution in [2.75, 3.05) is 9.96 Å². The van der Waals surface area contributed by atoms with Crippen LogP contribution in [0.5, 0.6) is 0 Å². The summed E-state index contributed by atoms with van der Waals surface area (Å²) in [4.78, 5) is 44.3. The molecule has 3 aromatic carbocycles. The number of benzene rings is 3. The van der Waals surface area contributed by atoms with E-state index in [4.69, 9.17) is 28.0 Å². The van der Waals surface area contributed by atoms with Crippen LogP contribution in [0.3, 0.4) is 0 Å². The zero-order valence-corrected chi connectivity index (χ0v) is 18.3. The molecular weight excluding hydrogens is 469 g/mol. The number of hydrogen-bond donors (Lipinski definition) is 0. The Morgan fingerprint density at radius 2 is 1.58 bits per heavy atom. The van der Waals surface area contributed by atoms with E-state index in [1.807, 2.05) is 18.2 Å². The summed E-state index contributed by atoms with van der Waals surface area (Å²) in [6.07, 6.45) is -1.08. The minimum Gasteiger partial charge on any atom is -0.273 e. The van der Waals surface area contributed by atoms with Crippen molar-refractivity contribution >= 4 is 52.1 Å². The maximum Gasteiger partial charge on any atom is 0.269 e. The van der Waals surface area contributed by atoms with Crippen LogP contribution < -0.4 is 9.96 Å². The van der Waals surface area contributed by atoms with Gasteiger partial charge in [-0.3, -0.25) is 24.5 Å². The molecule has 2 saturated heterocycles. The molecular formula is C23H15Cl2N3O5. The first kappa shape index (κ1) is 21.4. The van der Waals surface area contributed by atoms with Crippen molar-refractivity contribution in [2.24, 2.45) is 5.92 Å². The molecule has 5 rings (SSSR count). The normalized spacial score (nSPS) is 22.1. The monoisotopic (exact) mass is 483 g/mol. The molecule has 2 amide bonds. The zero-order valence-electron chi connectivity index (χ0n) is 16.8. The molecule has 3 atom stereocenters. The maximum absolute atomic E-state index is 13.6. The number of halogens is 2. The van der Waals surface area contributed by atoms with Crippen molar-refractivity contribution in [1.29, 1.82) is 0 Å². The smallest absolute Gasteiger partial charge is 0.269 e. The van der Waals surface area contributed by atoms with Gasteiger partial charge in [0.25, 0.3) is 11.6 Å². The Morgan fingerprint density at radius 1 is 0.879 bits per heavy atom. The molecule has 2 aliphatic heterocycles. The van der Waals surface area contributed by atoms with Gasteiger partial charge in [-0.1, -0.05) is 47.5 Å². The summed E-state index contributed by atoms with van der Waals surface area (Å²) in [7, 11) is 0. The van der Waals surface area contributed by atoms with E-state index in [-0.39, 0.29) is 11.4 Å². The van der Waals surface area contributed by atoms with Crippen LogP contribution in [0.15, 0.2) is 72.8 Å². The van der Waals surface area contributed by atoms with Gasteiger partial charge in [-0.05, 0) is 42.0 Å². The van der Waals surface area contributed by atoms with Crippen LogP contribution in [0.1, 0.15) is 11.6 Å². The zero-order chi connectivity index (χ0) is 23.3. The molecule has 3 aromatic rings. The lowest BCUT2D eigenvalue weighted by Gasteiger charge is -2.29. The molecule has 0 aliphatic carbocycles. The molecule has 2 heterocycles. The van der Waals surface area contributed by atoms with Gasteiger partial charge in [0.2, 0.25) is 5.91 Å². The van der Waals surface area contributed by atoms with Crippen molar-refractivity contribution in [3.63, 3.8) is 0 Å². The van der Waals surface area contributed by atoms with E-state index in [1.54, 1.807) is 30.3 Å². The molecule has 0 saturated carbocycles. The van der Waals surface area contributed by atoms with Crippen molar-refractivity contribution in [3.05, 3.63) is 98.5 Å². The third-order valence-corrected chi connectivity index (χ3v) is 6.29. The first-order valence-electron chi connectivity index (χ1n) is 9.95. The van der Waals surface area contributed by atoms with Crippen LogP contribution in [0.4, 0.5) is 17.1 Å². The average molecular weight is 484 g/mol. The number of non-ortho nitro benzene ring substituents is 1. The number of nitrogens with zero attached hydrogens (tertiary/aromatic N) is 3. The predicted octanol–water partition coefficient (Wildman–Crippen LogP) is 4.95. The Hall–Kier alpha value is -3.46. The predicted molar refractivity (Wildman–Crippen MR) is 122 cm³/mol. The summed E-state index contributed by atoms with van der Waals surface area (Å²) in [6, 6.07) is 18.6. The highest BCUT2D eigenvalue weighted by molar-refractivity contribution is 6.35. The van der Waals surface area contributed by atoms with Crippen molar-refractivity contribution in [1.82, 2.24) is 0 Å². The molecule has 2 aliphatic rings. The fourth-order valence-corrected chi connectivity index (χ4v) is 4.77. The lowest BCUT2D eigenvalue weighted by molar-refractivity contribution is -0.384. The van der Waals surface area contributed by atoms with Gasteiger partial charge in [0.1, 0.15) is 5.92 Å². The Morgan fingerprint density at radius 3 is 2.21 bits per heavy atom. The van der Waals surface area contributed by atoms with Crippen LogP contribution in [-0.4, -0.2) is 22.8 Å². The Kier molecular flexibility index (Phi) is 5.28. The van der Waals surface area contributed by atoms with Gasteiger partial charge in [-0.2, -0.15) is 0 Å². The quantitative estimate of drug-likeness (QED) is 0.296. The van der Waals surface area contributed by atoms with Gasteiger partial charge < -0.3 is 0 Å². The minimum atomic E-state index is -1.08. The minimum absolute atomic E-state index is 0.143. The second-order valence-corrected chi connectivity index (χ2v) is 8.45. The fraction of sp³-hybridized carbons (Fsp3) is 0.130. The van der Waals surface area contributed by atoms with Crippen molar-refractivity contribution in [2.45, 2.75) is 12.1 Å². The number of carbonyl (C=O) groups is 2. The standard InChI is InChI=1S/C23H15Cl2N3O5/c24-13-6-11-17(18(25)12-13)20-19-21(33-27(20)15-4-2-1-3-5-15)23(30)26(22(19)29)14-7-9-16(10-8-14)28(31)32/h1-12,19-21H/t19-,20-,21-/m1/s1. The topological polar surface area (TPSA) is 93.0 Å². The number of nitro groups is 1. The molecule has 33 heavy (non-hydrogen) atoms. The van der Waals surface area contributed by atoms with E-state index in [1.165, 1.54) is 29.3 Å². The lowest BCUT2D eigenvalue weighted by atomic mass is 9.90. The molecule has 0 spiro atoms. The van der Waals surface area contributed by atoms with Crippen LogP contribution in [0.25, 0.3) is 0 Å². The molecule has 0 aromatic heterocycles. The molecule has 0 radical (unpaired) electrons. The molecule has 10 heteroatoms. The van der Waals surface area contributed by atoms with E-state index in [0.717, 1.165) is 4.90 Å². The largest absolute Gasteiger partial charge is 0.273 e. The van der Waals surface area contributed by atoms with Gasteiger partial charge in [-0.15, -0.1) is 0 Å². The Balaban J connectivity index is 1.58. The highest BCUT2D eigenvalue weighted by atomic mass is 35.5. The fourth-order valence-electron chi connectivity index (χ4n) is 4.25. The third kappa shape index (κ3) is 3.52. The Bertz CT molecular complexity index is 1270. The van der Waals surface area contributed by atoms with Crippen LogP contribution in [-0.2, 0) is 14.4 Å². The molecule has 8 nitrogen and oxygen atoms in total. The molecule has 0 bridgehead atoms. The average Bonchev–Trinajstić information content (AvgIpc) is 3.30. The number of para-hydroxylation sites is 1. The van der Waals surface area contributed by atoms with Gasteiger partial charge in [0, 0.05) is 22.2 Å². The molecule has 2 fully saturated rings. The highest BCUT2D eigenvalue weighted by Gasteiger charge is 2.60. The summed E-state index contributed by atoms with van der Waals surface area (Å²) in [5.41, 5.74) is 1.34. The van der Waals surface area contributed by atoms with E-state index in [9.17, 15) is 19.7 Å². The van der Waals surface area contributed by atoms with Crippen molar-refractivity contribution < 1.29 is 19.3 Å². The number of hydrogen-bond acceptors (Lipinski definition) is 6. The number of carbonyl (C=O) groups excluding carboxylic acids is 2. The number of rotatable bonds is 4. The van der Waals surface area contributed by atoms with Gasteiger partial charge in [-0.25, -0.2) is 9.96 Å². The highest BCUT2D eigenvalue weighted by Crippen LogP contribution is 2.49. The number of hydroxylamine groups is 1. The lowest BCUT2D eigenvalue weighted by Crippen LogP contribution is -2.37. The third-order valence-electron chi connectivity index (χ3n) is 5.73. The van der Waals surface area contributed by atoms with Gasteiger partial charge in [0.15, 0.2) is 6.10 Å². The van der Waals surface area contributed by atoms with Gasteiger partial charge >= 0.3 is 0 Å². The number of fused-ring (bicyclic) bond motifs is 1. The first-order chi connectivity index (χ1) is 15.9. The summed E-state index contributed by atoms with van der Waals surface area (Å²) < 4.78 is 0. The van der Waals surface area contributed by atoms with E-state index in [2.05, 4.69) is 0 Å². The van der Waals surface area contributed by atoms with Gasteiger partial charge in [0.05, 0.1) is 22.3 Å². The number of amides is 2. The van der Waals surface area contributed by atoms with E-state index >= 15 is 0 Å². The molecule has 166 valence electrons. The number of nitro benzene ring substituents is 1. The van der Waals surface area contributed by atoms with E-state index in [0.29, 0.717) is 21.3 Å². The number of anilines is 2. The summed E-state index contributed by atoms with van der Waals surface area (Å²) in [6.45, 7) is 0. The van der Waals surface area contributed by atoms with Crippen LogP contribution in [0, 0.1) is 16.0 Å². The SMILES string of the molecule is O=C1[C@@H]2[C@@H](c3ccc(Cl)cc3Cl)N(c3ccccc3)O[C@H]2C(=O)N1c1ccc([N+](=O)[O-])cc1. The van der Waals surface area contributed by atoms with Crippen molar-refractivity contribution in [3.8, 4) is 0 Å². The first-order valence-corrected chi connectivity index (χ1v) is 10.7. The summed E-state index contributed by atoms with van der Waals surface area (Å²) in [5, 5.41) is 13.3. The van der Waals surface area contributed by atoms with E-state index < -0.39 is 34.8 Å². The molecule has 0 unspecified atom stereocenters. The number of imide groups is 1. The summed E-state index contributed by atoms with van der Waals surface area (Å²) in [5.74, 6) is -1.91. The summed E-state index contributed by atoms with van der Waals surface area (Å²) >= 11 is 12.6. The second kappa shape index (κ2) is 8.15. The second-order valence-electron chi connectivity index (χ2n) is 7.61. The van der Waals surface area contributed by atoms with Crippen LogP contribution >= 0.6 is 23.2 Å². The molecule has 0 N–H and O–H groups in total.